The molecule has 4 aliphatic carbocycles. The molecule has 1 unspecified atom stereocenters. The van der Waals surface area contributed by atoms with Crippen LogP contribution in [0, 0.1) is 40.4 Å². The third-order valence-electron chi connectivity index (χ3n) is 10.9. The number of carbonyl (C=O) groups excluding carboxylic acids is 1. The summed E-state index contributed by atoms with van der Waals surface area (Å²) < 4.78 is 1.75. The number of carbonyl (C=O) groups is 1. The highest BCUT2D eigenvalue weighted by Crippen LogP contribution is 2.68. The average molecular weight is 451 g/mol. The second-order valence-electron chi connectivity index (χ2n) is 12.6. The maximum absolute atomic E-state index is 13.5. The predicted molar refractivity (Wildman–Crippen MR) is 126 cm³/mol. The van der Waals surface area contributed by atoms with E-state index in [0.29, 0.717) is 35.2 Å². The molecule has 0 amide bonds. The van der Waals surface area contributed by atoms with E-state index in [1.807, 2.05) is 13.1 Å². The molecule has 2 heterocycles. The van der Waals surface area contributed by atoms with E-state index in [0.717, 1.165) is 49.5 Å². The lowest BCUT2D eigenvalue weighted by atomic mass is 9.44. The van der Waals surface area contributed by atoms with Crippen molar-refractivity contribution in [2.24, 2.45) is 40.4 Å². The molecule has 6 heteroatoms. The summed E-state index contributed by atoms with van der Waals surface area (Å²) in [4.78, 5) is 22.1. The van der Waals surface area contributed by atoms with E-state index < -0.39 is 5.60 Å². The van der Waals surface area contributed by atoms with Gasteiger partial charge in [0.05, 0.1) is 18.3 Å². The van der Waals surface area contributed by atoms with E-state index in [-0.39, 0.29) is 11.3 Å². The molecule has 4 aliphatic rings. The van der Waals surface area contributed by atoms with Crippen LogP contribution in [0.2, 0.25) is 0 Å². The minimum Gasteiger partial charge on any atom is -0.390 e. The first kappa shape index (κ1) is 21.7. The largest absolute Gasteiger partial charge is 0.390 e. The zero-order valence-corrected chi connectivity index (χ0v) is 20.3. The average Bonchev–Trinajstić information content (AvgIpc) is 3.34. The van der Waals surface area contributed by atoms with Gasteiger partial charge in [0.15, 0.2) is 11.4 Å². The number of ketones is 1. The van der Waals surface area contributed by atoms with Crippen molar-refractivity contribution in [2.45, 2.75) is 90.7 Å². The van der Waals surface area contributed by atoms with Gasteiger partial charge in [-0.05, 0) is 99.2 Å². The number of aliphatic hydroxyl groups is 1. The lowest BCUT2D eigenvalue weighted by Gasteiger charge is -2.61. The Labute approximate surface area is 196 Å². The van der Waals surface area contributed by atoms with Gasteiger partial charge < -0.3 is 5.11 Å². The topological polar surface area (TPSA) is 80.9 Å². The summed E-state index contributed by atoms with van der Waals surface area (Å²) in [6.45, 7) is 7.33. The molecule has 0 aromatic carbocycles. The van der Waals surface area contributed by atoms with Crippen molar-refractivity contribution in [1.29, 1.82) is 0 Å². The minimum absolute atomic E-state index is 0.116. The molecule has 4 saturated carbocycles. The van der Waals surface area contributed by atoms with Crippen LogP contribution >= 0.6 is 0 Å². The summed E-state index contributed by atoms with van der Waals surface area (Å²) in [7, 11) is 0. The van der Waals surface area contributed by atoms with Gasteiger partial charge in [-0.1, -0.05) is 13.8 Å². The maximum Gasteiger partial charge on any atom is 0.199 e. The van der Waals surface area contributed by atoms with Crippen LogP contribution in [0.5, 0.6) is 0 Å². The molecule has 0 radical (unpaired) electrons. The zero-order chi connectivity index (χ0) is 23.0. The standard InChI is InChI=1S/C27H38N4O2/c1-25(33)10-11-26(2)17(14-25)4-5-18-19-6-7-21(27(19,3)9-8-20(18)26)23(32)16-31-15-22-24(30-31)29-13-12-28-22/h12-13,15,17-21,33H,4-11,14,16H2,1-3H3/t17-,18+,19-,20-,21+,25+,26-,27?/m0/s1. The summed E-state index contributed by atoms with van der Waals surface area (Å²) >= 11 is 0. The molecule has 178 valence electrons. The number of hydrogen-bond donors (Lipinski definition) is 1. The molecule has 1 N–H and O–H groups in total. The Morgan fingerprint density at radius 1 is 1.00 bits per heavy atom. The van der Waals surface area contributed by atoms with Crippen LogP contribution in [0.1, 0.15) is 78.6 Å². The van der Waals surface area contributed by atoms with Gasteiger partial charge in [0.1, 0.15) is 5.52 Å². The molecular formula is C27H38N4O2. The normalized spacial score (nSPS) is 44.8. The smallest absolute Gasteiger partial charge is 0.199 e. The van der Waals surface area contributed by atoms with Crippen molar-refractivity contribution >= 4 is 16.9 Å². The van der Waals surface area contributed by atoms with Crippen LogP contribution in [0.25, 0.3) is 11.2 Å². The molecule has 0 spiro atoms. The maximum atomic E-state index is 13.5. The van der Waals surface area contributed by atoms with E-state index in [2.05, 4.69) is 28.9 Å². The van der Waals surface area contributed by atoms with E-state index in [4.69, 9.17) is 0 Å². The summed E-state index contributed by atoms with van der Waals surface area (Å²) in [5.74, 6) is 3.28. The Morgan fingerprint density at radius 2 is 1.79 bits per heavy atom. The van der Waals surface area contributed by atoms with Gasteiger partial charge in [-0.25, -0.2) is 9.97 Å². The van der Waals surface area contributed by atoms with E-state index >= 15 is 0 Å². The summed E-state index contributed by atoms with van der Waals surface area (Å²) in [5.41, 5.74) is 1.36. The van der Waals surface area contributed by atoms with Gasteiger partial charge in [-0.15, -0.1) is 0 Å². The lowest BCUT2D eigenvalue weighted by Crippen LogP contribution is -2.55. The molecule has 0 bridgehead atoms. The molecule has 6 nitrogen and oxygen atoms in total. The van der Waals surface area contributed by atoms with Crippen LogP contribution in [0.15, 0.2) is 18.6 Å². The fourth-order valence-corrected chi connectivity index (χ4v) is 9.11. The van der Waals surface area contributed by atoms with Crippen molar-refractivity contribution in [1.82, 2.24) is 19.7 Å². The van der Waals surface area contributed by atoms with Crippen LogP contribution in [0.3, 0.4) is 0 Å². The molecule has 4 fully saturated rings. The number of hydrogen-bond acceptors (Lipinski definition) is 5. The highest BCUT2D eigenvalue weighted by atomic mass is 16.3. The molecule has 33 heavy (non-hydrogen) atoms. The van der Waals surface area contributed by atoms with Gasteiger partial charge in [-0.3, -0.25) is 9.48 Å². The Morgan fingerprint density at radius 3 is 2.61 bits per heavy atom. The van der Waals surface area contributed by atoms with Crippen LogP contribution in [-0.2, 0) is 11.3 Å². The number of rotatable bonds is 3. The number of Topliss-reactive ketones (excluding diaryl/α,β-unsaturated/α-hetero) is 1. The molecule has 8 atom stereocenters. The molecule has 6 rings (SSSR count). The Hall–Kier alpha value is -1.82. The summed E-state index contributed by atoms with van der Waals surface area (Å²) in [6.07, 6.45) is 15.4. The Bertz CT molecular complexity index is 1050. The Balaban J connectivity index is 1.21. The van der Waals surface area contributed by atoms with E-state index in [1.54, 1.807) is 17.1 Å². The number of aromatic nitrogens is 4. The highest BCUT2D eigenvalue weighted by Gasteiger charge is 2.61. The molecule has 2 aromatic heterocycles. The molecule has 0 aliphatic heterocycles. The van der Waals surface area contributed by atoms with Crippen molar-refractivity contribution in [2.75, 3.05) is 0 Å². The fraction of sp³-hybridized carbons (Fsp3) is 0.778. The highest BCUT2D eigenvalue weighted by molar-refractivity contribution is 5.82. The first-order valence-electron chi connectivity index (χ1n) is 13.1. The second-order valence-corrected chi connectivity index (χ2v) is 12.6. The fourth-order valence-electron chi connectivity index (χ4n) is 9.11. The van der Waals surface area contributed by atoms with Gasteiger partial charge >= 0.3 is 0 Å². The SMILES string of the molecule is CC12CC[C@H]3[C@H](CC[C@H]4C[C@](C)(O)CC[C@@]43C)[C@@H]1CC[C@@H]2C(=O)Cn1cc2nccnc2n1. The predicted octanol–water partition coefficient (Wildman–Crippen LogP) is 4.81. The van der Waals surface area contributed by atoms with Gasteiger partial charge in [0.25, 0.3) is 0 Å². The van der Waals surface area contributed by atoms with Crippen molar-refractivity contribution < 1.29 is 9.90 Å². The quantitative estimate of drug-likeness (QED) is 0.726. The first-order valence-corrected chi connectivity index (χ1v) is 13.1. The lowest BCUT2D eigenvalue weighted by molar-refractivity contribution is -0.151. The van der Waals surface area contributed by atoms with Crippen LogP contribution in [-0.4, -0.2) is 36.2 Å². The van der Waals surface area contributed by atoms with Crippen LogP contribution in [0.4, 0.5) is 0 Å². The van der Waals surface area contributed by atoms with Gasteiger partial charge in [-0.2, -0.15) is 5.10 Å². The summed E-state index contributed by atoms with van der Waals surface area (Å²) in [5, 5.41) is 15.2. The van der Waals surface area contributed by atoms with Gasteiger partial charge in [0.2, 0.25) is 0 Å². The first-order chi connectivity index (χ1) is 15.7. The van der Waals surface area contributed by atoms with Crippen molar-refractivity contribution in [3.63, 3.8) is 0 Å². The van der Waals surface area contributed by atoms with Crippen LogP contribution < -0.4 is 0 Å². The van der Waals surface area contributed by atoms with E-state index in [9.17, 15) is 9.90 Å². The third kappa shape index (κ3) is 3.30. The number of fused-ring (bicyclic) bond motifs is 6. The van der Waals surface area contributed by atoms with Crippen molar-refractivity contribution in [3.05, 3.63) is 18.6 Å². The molecule has 0 saturated heterocycles. The number of nitrogens with zero attached hydrogens (tertiary/aromatic N) is 4. The zero-order valence-electron chi connectivity index (χ0n) is 20.3. The van der Waals surface area contributed by atoms with Gasteiger partial charge in [0, 0.05) is 18.3 Å². The Kier molecular flexibility index (Phi) is 4.82. The van der Waals surface area contributed by atoms with E-state index in [1.165, 1.54) is 25.7 Å². The second kappa shape index (κ2) is 7.34. The minimum atomic E-state index is -0.479. The molecule has 2 aromatic rings. The van der Waals surface area contributed by atoms with Crippen molar-refractivity contribution in [3.8, 4) is 0 Å². The molecular weight excluding hydrogens is 412 g/mol. The summed E-state index contributed by atoms with van der Waals surface area (Å²) in [6, 6.07) is 0. The monoisotopic (exact) mass is 450 g/mol. The third-order valence-corrected chi connectivity index (χ3v) is 10.9.